The molecule has 0 fully saturated rings. The Morgan fingerprint density at radius 2 is 2.04 bits per heavy atom. The van der Waals surface area contributed by atoms with Crippen LogP contribution in [0.1, 0.15) is 21.7 Å². The van der Waals surface area contributed by atoms with Gasteiger partial charge in [-0.2, -0.15) is 18.3 Å². The third-order valence-corrected chi connectivity index (χ3v) is 3.28. The quantitative estimate of drug-likeness (QED) is 0.383. The molecule has 11 heteroatoms. The van der Waals surface area contributed by atoms with Crippen molar-refractivity contribution < 1.29 is 27.5 Å². The van der Waals surface area contributed by atoms with Crippen molar-refractivity contribution in [1.29, 1.82) is 0 Å². The molecule has 25 heavy (non-hydrogen) atoms. The van der Waals surface area contributed by atoms with E-state index in [1.54, 1.807) is 6.07 Å². The fraction of sp³-hybridized carbons (Fsp3) is 0.214. The Kier molecular flexibility index (Phi) is 5.21. The number of carbonyl (C=O) groups is 1. The van der Waals surface area contributed by atoms with Crippen LogP contribution in [0.25, 0.3) is 0 Å². The van der Waals surface area contributed by atoms with Crippen molar-refractivity contribution in [3.63, 3.8) is 0 Å². The Bertz CT molecular complexity index is 833. The molecule has 0 unspecified atom stereocenters. The number of nitrogens with zero attached hydrogens (tertiary/aromatic N) is 3. The molecule has 0 aliphatic rings. The van der Waals surface area contributed by atoms with E-state index in [9.17, 15) is 18.0 Å². The van der Waals surface area contributed by atoms with Gasteiger partial charge < -0.3 is 15.3 Å². The van der Waals surface area contributed by atoms with Crippen molar-refractivity contribution in [3.05, 3.63) is 46.2 Å². The van der Waals surface area contributed by atoms with Gasteiger partial charge in [-0.15, -0.1) is 0 Å². The summed E-state index contributed by atoms with van der Waals surface area (Å²) in [5, 5.41) is 7.17. The molecule has 2 N–H and O–H groups in total. The van der Waals surface area contributed by atoms with E-state index in [1.807, 2.05) is 0 Å². The van der Waals surface area contributed by atoms with Gasteiger partial charge in [0, 0.05) is 18.1 Å². The summed E-state index contributed by atoms with van der Waals surface area (Å²) in [6.07, 6.45) is -4.66. The maximum absolute atomic E-state index is 12.7. The number of ether oxygens (including phenoxy) is 1. The van der Waals surface area contributed by atoms with E-state index in [1.165, 1.54) is 19.2 Å². The number of oxime groups is 1. The van der Waals surface area contributed by atoms with E-state index in [4.69, 9.17) is 22.1 Å². The first kappa shape index (κ1) is 18.6. The molecule has 1 aromatic carbocycles. The Balaban J connectivity index is 2.22. The molecule has 0 amide bonds. The minimum atomic E-state index is -4.66. The molecule has 0 aliphatic heterocycles. The van der Waals surface area contributed by atoms with Gasteiger partial charge in [0.15, 0.2) is 11.5 Å². The number of amidine groups is 1. The normalized spacial score (nSPS) is 12.2. The van der Waals surface area contributed by atoms with Crippen LogP contribution in [-0.4, -0.2) is 28.7 Å². The van der Waals surface area contributed by atoms with Crippen molar-refractivity contribution >= 4 is 23.4 Å². The summed E-state index contributed by atoms with van der Waals surface area (Å²) >= 11 is 5.85. The first-order chi connectivity index (χ1) is 11.6. The average molecular weight is 377 g/mol. The van der Waals surface area contributed by atoms with Gasteiger partial charge in [0.1, 0.15) is 11.4 Å². The van der Waals surface area contributed by atoms with Crippen LogP contribution in [0.5, 0.6) is 5.75 Å². The van der Waals surface area contributed by atoms with Crippen molar-refractivity contribution in [2.24, 2.45) is 17.9 Å². The van der Waals surface area contributed by atoms with Crippen molar-refractivity contribution in [1.82, 2.24) is 9.78 Å². The van der Waals surface area contributed by atoms with Gasteiger partial charge in [0.05, 0.1) is 12.7 Å². The maximum Gasteiger partial charge on any atom is 0.433 e. The van der Waals surface area contributed by atoms with E-state index in [-0.39, 0.29) is 11.4 Å². The first-order valence-electron chi connectivity index (χ1n) is 6.63. The summed E-state index contributed by atoms with van der Waals surface area (Å²) in [6, 6.07) is 5.05. The van der Waals surface area contributed by atoms with Crippen molar-refractivity contribution in [3.8, 4) is 5.75 Å². The minimum Gasteiger partial charge on any atom is -0.496 e. The molecule has 1 aromatic heterocycles. The van der Waals surface area contributed by atoms with Crippen LogP contribution >= 0.6 is 11.6 Å². The zero-order valence-electron chi connectivity index (χ0n) is 13.0. The number of hydrogen-bond acceptors (Lipinski definition) is 5. The highest BCUT2D eigenvalue weighted by Crippen LogP contribution is 2.29. The molecule has 0 bridgehead atoms. The van der Waals surface area contributed by atoms with Crippen LogP contribution in [0.3, 0.4) is 0 Å². The molecular formula is C14H12ClF3N4O3. The summed E-state index contributed by atoms with van der Waals surface area (Å²) in [4.78, 5) is 16.4. The number of rotatable bonds is 4. The van der Waals surface area contributed by atoms with Crippen LogP contribution in [0, 0.1) is 0 Å². The molecule has 0 spiro atoms. The number of benzene rings is 1. The predicted molar refractivity (Wildman–Crippen MR) is 82.4 cm³/mol. The molecule has 134 valence electrons. The highest BCUT2D eigenvalue weighted by Gasteiger charge is 2.36. The number of methoxy groups -OCH3 is 1. The van der Waals surface area contributed by atoms with Gasteiger partial charge in [-0.25, -0.2) is 4.79 Å². The van der Waals surface area contributed by atoms with Crippen molar-refractivity contribution in [2.45, 2.75) is 6.18 Å². The standard InChI is InChI=1S/C14H12ClF3N4O3/c1-22-11(14(16,17)18)6-9(20-22)13(23)25-21-12(19)8-5-7(15)3-4-10(8)24-2/h3-6H,1-2H3,(H2,19,21). The molecular weight excluding hydrogens is 365 g/mol. The third kappa shape index (κ3) is 4.21. The molecule has 0 saturated carbocycles. The zero-order valence-corrected chi connectivity index (χ0v) is 13.7. The summed E-state index contributed by atoms with van der Waals surface area (Å²) in [5.74, 6) is -1.13. The lowest BCUT2D eigenvalue weighted by Gasteiger charge is -2.07. The maximum atomic E-state index is 12.7. The van der Waals surface area contributed by atoms with Crippen LogP contribution in [-0.2, 0) is 18.1 Å². The second kappa shape index (κ2) is 7.01. The summed E-state index contributed by atoms with van der Waals surface area (Å²) in [7, 11) is 2.44. The largest absolute Gasteiger partial charge is 0.496 e. The van der Waals surface area contributed by atoms with Gasteiger partial charge in [-0.3, -0.25) is 4.68 Å². The van der Waals surface area contributed by atoms with E-state index < -0.39 is 23.5 Å². The topological polar surface area (TPSA) is 91.7 Å². The molecule has 0 radical (unpaired) electrons. The van der Waals surface area contributed by atoms with Crippen LogP contribution in [0.15, 0.2) is 29.4 Å². The lowest BCUT2D eigenvalue weighted by molar-refractivity contribution is -0.143. The summed E-state index contributed by atoms with van der Waals surface area (Å²) in [5.41, 5.74) is 4.28. The third-order valence-electron chi connectivity index (χ3n) is 3.04. The second-order valence-electron chi connectivity index (χ2n) is 4.74. The van der Waals surface area contributed by atoms with Gasteiger partial charge in [-0.05, 0) is 18.2 Å². The number of nitrogens with two attached hydrogens (primary N) is 1. The SMILES string of the molecule is COc1ccc(Cl)cc1/C(N)=N/OC(=O)c1cc(C(F)(F)F)n(C)n1. The smallest absolute Gasteiger partial charge is 0.433 e. The predicted octanol–water partition coefficient (Wildman–Crippen LogP) is 2.58. The molecule has 0 aliphatic carbocycles. The molecule has 2 aromatic rings. The molecule has 2 rings (SSSR count). The van der Waals surface area contributed by atoms with Crippen LogP contribution in [0.4, 0.5) is 13.2 Å². The lowest BCUT2D eigenvalue weighted by atomic mass is 10.2. The number of aromatic nitrogens is 2. The second-order valence-corrected chi connectivity index (χ2v) is 5.17. The van der Waals surface area contributed by atoms with Crippen LogP contribution in [0.2, 0.25) is 5.02 Å². The van der Waals surface area contributed by atoms with E-state index in [2.05, 4.69) is 15.1 Å². The van der Waals surface area contributed by atoms with Gasteiger partial charge in [0.25, 0.3) is 0 Å². The van der Waals surface area contributed by atoms with Gasteiger partial charge in [0.2, 0.25) is 0 Å². The fourth-order valence-corrected chi connectivity index (χ4v) is 2.07. The van der Waals surface area contributed by atoms with Gasteiger partial charge >= 0.3 is 12.1 Å². The monoisotopic (exact) mass is 376 g/mol. The minimum absolute atomic E-state index is 0.250. The molecule has 0 saturated heterocycles. The lowest BCUT2D eigenvalue weighted by Crippen LogP contribution is -2.16. The Hall–Kier alpha value is -2.75. The van der Waals surface area contributed by atoms with E-state index in [0.29, 0.717) is 21.5 Å². The first-order valence-corrected chi connectivity index (χ1v) is 7.01. The zero-order chi connectivity index (χ0) is 18.8. The molecule has 1 heterocycles. The molecule has 0 atom stereocenters. The van der Waals surface area contributed by atoms with Crippen LogP contribution < -0.4 is 10.5 Å². The highest BCUT2D eigenvalue weighted by molar-refractivity contribution is 6.31. The summed E-state index contributed by atoms with van der Waals surface area (Å²) < 4.78 is 43.7. The molecule has 7 nitrogen and oxygen atoms in total. The number of halogens is 4. The fourth-order valence-electron chi connectivity index (χ4n) is 1.90. The van der Waals surface area contributed by atoms with E-state index >= 15 is 0 Å². The van der Waals surface area contributed by atoms with Crippen molar-refractivity contribution in [2.75, 3.05) is 7.11 Å². The van der Waals surface area contributed by atoms with E-state index in [0.717, 1.165) is 7.05 Å². The Labute approximate surface area is 144 Å². The highest BCUT2D eigenvalue weighted by atomic mass is 35.5. The van der Waals surface area contributed by atoms with Gasteiger partial charge in [-0.1, -0.05) is 16.8 Å². The number of alkyl halides is 3. The number of hydrogen-bond donors (Lipinski definition) is 1. The number of aryl methyl sites for hydroxylation is 1. The summed E-state index contributed by atoms with van der Waals surface area (Å²) in [6.45, 7) is 0. The Morgan fingerprint density at radius 1 is 1.36 bits per heavy atom. The Morgan fingerprint density at radius 3 is 2.60 bits per heavy atom. The number of carbonyl (C=O) groups excluding carboxylic acids is 1. The average Bonchev–Trinajstić information content (AvgIpc) is 2.94.